The highest BCUT2D eigenvalue weighted by atomic mass is 28.4. The molecule has 2 aliphatic heterocycles. The number of likely N-dealkylation sites (tertiary alicyclic amines) is 1. The number of fused-ring (bicyclic) bond motifs is 3. The lowest BCUT2D eigenvalue weighted by Crippen LogP contribution is -2.65. The molecule has 1 saturated heterocycles. The Morgan fingerprint density at radius 1 is 0.893 bits per heavy atom. The summed E-state index contributed by atoms with van der Waals surface area (Å²) < 4.78 is 93.1. The molecule has 1 aromatic heterocycles. The van der Waals surface area contributed by atoms with E-state index in [1.807, 2.05) is 79.4 Å². The summed E-state index contributed by atoms with van der Waals surface area (Å²) in [6.07, 6.45) is -0.0756. The number of halogens is 6. The number of benzene rings is 4. The predicted octanol–water partition coefficient (Wildman–Crippen LogP) is 8.34. The molecule has 296 valence electrons. The van der Waals surface area contributed by atoms with Gasteiger partial charge in [0.2, 0.25) is 0 Å². The summed E-state index contributed by atoms with van der Waals surface area (Å²) in [5.41, 5.74) is 0.680. The predicted molar refractivity (Wildman–Crippen MR) is 210 cm³/mol. The SMILES string of the molecule is C[C@H]1Cc2c([nH]c3cc(F)ccc23)[C@H](c2c(F)cc(C(=O)C3CN(CCCF)C3)cc2F)N1CC(F)(F)CCC(C)(C)[Si](O)(c1ccccc1)c1ccccc1. The zero-order valence-corrected chi connectivity index (χ0v) is 32.8. The van der Waals surface area contributed by atoms with Gasteiger partial charge in [-0.3, -0.25) is 14.1 Å². The van der Waals surface area contributed by atoms with Gasteiger partial charge in [0, 0.05) is 65.7 Å². The summed E-state index contributed by atoms with van der Waals surface area (Å²) >= 11 is 0. The number of rotatable bonds is 14. The first-order chi connectivity index (χ1) is 26.6. The van der Waals surface area contributed by atoms with E-state index in [0.717, 1.165) is 12.1 Å². The summed E-state index contributed by atoms with van der Waals surface area (Å²) in [4.78, 5) is 32.3. The summed E-state index contributed by atoms with van der Waals surface area (Å²) in [5.74, 6) is -6.93. The van der Waals surface area contributed by atoms with Gasteiger partial charge in [-0.15, -0.1) is 0 Å². The molecule has 4 aromatic carbocycles. The molecule has 5 aromatic rings. The lowest BCUT2D eigenvalue weighted by Gasteiger charge is -2.44. The maximum Gasteiger partial charge on any atom is 0.260 e. The van der Waals surface area contributed by atoms with Crippen LogP contribution in [0.15, 0.2) is 91.0 Å². The van der Waals surface area contributed by atoms with Crippen LogP contribution >= 0.6 is 0 Å². The van der Waals surface area contributed by atoms with Gasteiger partial charge >= 0.3 is 0 Å². The van der Waals surface area contributed by atoms with Crippen LogP contribution in [0.4, 0.5) is 26.3 Å². The van der Waals surface area contributed by atoms with Crippen LogP contribution in [0.2, 0.25) is 5.04 Å². The van der Waals surface area contributed by atoms with Crippen molar-refractivity contribution in [3.05, 3.63) is 131 Å². The van der Waals surface area contributed by atoms with Crippen LogP contribution in [0.3, 0.4) is 0 Å². The van der Waals surface area contributed by atoms with E-state index in [2.05, 4.69) is 4.98 Å². The number of ketones is 1. The van der Waals surface area contributed by atoms with Crippen molar-refractivity contribution in [2.45, 2.75) is 69.5 Å². The molecule has 0 saturated carbocycles. The van der Waals surface area contributed by atoms with Crippen LogP contribution < -0.4 is 10.4 Å². The highest BCUT2D eigenvalue weighted by Gasteiger charge is 2.52. The summed E-state index contributed by atoms with van der Waals surface area (Å²) in [7, 11) is -3.61. The maximum atomic E-state index is 16.6. The lowest BCUT2D eigenvalue weighted by molar-refractivity contribution is -0.0615. The number of carbonyl (C=O) groups excluding carboxylic acids is 1. The Balaban J connectivity index is 1.21. The van der Waals surface area contributed by atoms with Crippen LogP contribution in [0.1, 0.15) is 73.3 Å². The van der Waals surface area contributed by atoms with E-state index in [1.165, 1.54) is 17.0 Å². The van der Waals surface area contributed by atoms with Gasteiger partial charge in [0.1, 0.15) is 17.5 Å². The van der Waals surface area contributed by atoms with E-state index in [-0.39, 0.29) is 24.1 Å². The van der Waals surface area contributed by atoms with Gasteiger partial charge in [0.15, 0.2) is 5.78 Å². The Bertz CT molecular complexity index is 2130. The third-order valence-electron chi connectivity index (χ3n) is 12.0. The number of nitrogens with one attached hydrogen (secondary N) is 1. The Kier molecular flexibility index (Phi) is 11.1. The molecule has 2 atom stereocenters. The second kappa shape index (κ2) is 15.6. The molecule has 0 radical (unpaired) electrons. The third-order valence-corrected chi connectivity index (χ3v) is 16.6. The van der Waals surface area contributed by atoms with Gasteiger partial charge in [-0.25, -0.2) is 22.0 Å². The minimum atomic E-state index is -3.61. The van der Waals surface area contributed by atoms with Crippen molar-refractivity contribution in [3.63, 3.8) is 0 Å². The Morgan fingerprint density at radius 3 is 2.09 bits per heavy atom. The third kappa shape index (κ3) is 7.48. The van der Waals surface area contributed by atoms with Crippen LogP contribution in [0.5, 0.6) is 0 Å². The number of carbonyl (C=O) groups is 1. The van der Waals surface area contributed by atoms with Crippen molar-refractivity contribution in [1.82, 2.24) is 14.8 Å². The van der Waals surface area contributed by atoms with Crippen molar-refractivity contribution in [3.8, 4) is 0 Å². The van der Waals surface area contributed by atoms with E-state index < -0.39 is 85.7 Å². The van der Waals surface area contributed by atoms with E-state index in [0.29, 0.717) is 52.9 Å². The maximum absolute atomic E-state index is 16.6. The number of hydrogen-bond acceptors (Lipinski definition) is 4. The van der Waals surface area contributed by atoms with Crippen molar-refractivity contribution in [2.75, 3.05) is 32.9 Å². The molecule has 12 heteroatoms. The first-order valence-electron chi connectivity index (χ1n) is 19.2. The summed E-state index contributed by atoms with van der Waals surface area (Å²) in [6.45, 7) is 5.23. The van der Waals surface area contributed by atoms with Gasteiger partial charge in [-0.1, -0.05) is 74.5 Å². The van der Waals surface area contributed by atoms with Gasteiger partial charge in [-0.2, -0.15) is 0 Å². The zero-order chi connectivity index (χ0) is 40.0. The normalized spacial score (nSPS) is 18.6. The fourth-order valence-corrected chi connectivity index (χ4v) is 12.6. The molecule has 0 unspecified atom stereocenters. The van der Waals surface area contributed by atoms with E-state index in [9.17, 15) is 18.4 Å². The lowest BCUT2D eigenvalue weighted by atomic mass is 9.85. The minimum absolute atomic E-state index is 0.0534. The second-order valence-corrected chi connectivity index (χ2v) is 20.2. The first-order valence-corrected chi connectivity index (χ1v) is 21.2. The number of hydrogen-bond donors (Lipinski definition) is 2. The average Bonchev–Trinajstić information content (AvgIpc) is 3.51. The van der Waals surface area contributed by atoms with E-state index in [4.69, 9.17) is 0 Å². The molecule has 0 amide bonds. The topological polar surface area (TPSA) is 59.6 Å². The van der Waals surface area contributed by atoms with E-state index in [1.54, 1.807) is 13.0 Å². The Labute approximate surface area is 324 Å². The molecule has 0 spiro atoms. The Hall–Kier alpha value is -4.23. The molecule has 1 fully saturated rings. The van der Waals surface area contributed by atoms with Gasteiger partial charge in [0.25, 0.3) is 14.2 Å². The molecule has 2 N–H and O–H groups in total. The highest BCUT2D eigenvalue weighted by Crippen LogP contribution is 2.46. The quantitative estimate of drug-likeness (QED) is 0.0675. The largest absolute Gasteiger partial charge is 0.424 e. The van der Waals surface area contributed by atoms with Crippen molar-refractivity contribution in [1.29, 1.82) is 0 Å². The molecular formula is C44H47F6N3O2Si. The number of Topliss-reactive ketones (excluding diaryl/α,β-unsaturated/α-hetero) is 1. The fourth-order valence-electron chi connectivity index (χ4n) is 8.85. The molecule has 2 aliphatic rings. The first kappa shape index (κ1) is 40.0. The van der Waals surface area contributed by atoms with Crippen LogP contribution in [0, 0.1) is 23.4 Å². The average molecular weight is 792 g/mol. The van der Waals surface area contributed by atoms with E-state index >= 15 is 17.6 Å². The van der Waals surface area contributed by atoms with Crippen molar-refractivity contribution in [2.24, 2.45) is 5.92 Å². The molecular weight excluding hydrogens is 745 g/mol. The standard InChI is InChI=1S/C44H47F6N3O2Si/c1-28-21-35-34-16-15-31(46)24-38(34)51-40(35)41(39-36(47)22-29(23-37(39)48)42(54)30-25-52(26-30)20-10-19-45)53(28)27-44(49,50)18-17-43(2,3)56(55,32-11-6-4-7-12-32)33-13-8-5-9-14-33/h4-9,11-16,22-24,28,30,41,51,55H,10,17-21,25-27H2,1-3H3/t28-,41-/m0/s1. The van der Waals surface area contributed by atoms with Crippen LogP contribution in [0.25, 0.3) is 10.9 Å². The molecule has 56 heavy (non-hydrogen) atoms. The number of nitrogens with zero attached hydrogens (tertiary/aromatic N) is 2. The van der Waals surface area contributed by atoms with Crippen LogP contribution in [-0.4, -0.2) is 78.5 Å². The molecule has 0 aliphatic carbocycles. The Morgan fingerprint density at radius 2 is 1.50 bits per heavy atom. The monoisotopic (exact) mass is 791 g/mol. The number of aromatic nitrogens is 1. The zero-order valence-electron chi connectivity index (χ0n) is 31.8. The highest BCUT2D eigenvalue weighted by molar-refractivity contribution is 6.98. The van der Waals surface area contributed by atoms with Gasteiger partial charge in [-0.05, 0) is 77.5 Å². The second-order valence-electron chi connectivity index (χ2n) is 16.2. The molecule has 7 rings (SSSR count). The molecule has 5 nitrogen and oxygen atoms in total. The summed E-state index contributed by atoms with van der Waals surface area (Å²) in [5, 5.41) is 1.07. The number of alkyl halides is 3. The number of aromatic amines is 1. The molecule has 0 bridgehead atoms. The number of H-pyrrole nitrogens is 1. The molecule has 3 heterocycles. The van der Waals surface area contributed by atoms with Crippen LogP contribution in [-0.2, 0) is 6.42 Å². The smallest absolute Gasteiger partial charge is 0.260 e. The van der Waals surface area contributed by atoms with Crippen molar-refractivity contribution >= 4 is 35.4 Å². The fraction of sp³-hybridized carbons (Fsp3) is 0.386. The van der Waals surface area contributed by atoms with Gasteiger partial charge < -0.3 is 14.7 Å². The van der Waals surface area contributed by atoms with Gasteiger partial charge in [0.05, 0.1) is 19.3 Å². The summed E-state index contributed by atoms with van der Waals surface area (Å²) in [6, 6.07) is 22.4. The van der Waals surface area contributed by atoms with Crippen molar-refractivity contribution < 1.29 is 35.9 Å². The minimum Gasteiger partial charge on any atom is -0.424 e.